The Morgan fingerprint density at radius 1 is 1.04 bits per heavy atom. The molecule has 0 aliphatic heterocycles. The fourth-order valence-electron chi connectivity index (χ4n) is 2.11. The first kappa shape index (κ1) is 19.7. The zero-order valence-corrected chi connectivity index (χ0v) is 15.7. The SMILES string of the molecule is COc1cccc(NC(=O)COC(=O)CCC(=O)c2ccc(Br)cc2)c1. The van der Waals surface area contributed by atoms with E-state index in [1.165, 1.54) is 7.11 Å². The predicted octanol–water partition coefficient (Wildman–Crippen LogP) is 3.60. The van der Waals surface area contributed by atoms with Crippen LogP contribution in [0, 0.1) is 0 Å². The van der Waals surface area contributed by atoms with Crippen molar-refractivity contribution < 1.29 is 23.9 Å². The summed E-state index contributed by atoms with van der Waals surface area (Å²) in [4.78, 5) is 35.5. The van der Waals surface area contributed by atoms with E-state index < -0.39 is 18.5 Å². The Hall–Kier alpha value is -2.67. The number of rotatable bonds is 8. The zero-order chi connectivity index (χ0) is 18.9. The molecule has 1 amide bonds. The molecule has 2 aromatic carbocycles. The number of nitrogens with one attached hydrogen (secondary N) is 1. The molecule has 0 atom stereocenters. The largest absolute Gasteiger partial charge is 0.497 e. The number of benzene rings is 2. The fourth-order valence-corrected chi connectivity index (χ4v) is 2.38. The summed E-state index contributed by atoms with van der Waals surface area (Å²) in [5.74, 6) is -0.622. The molecule has 136 valence electrons. The van der Waals surface area contributed by atoms with E-state index in [4.69, 9.17) is 9.47 Å². The topological polar surface area (TPSA) is 81.7 Å². The molecule has 0 saturated heterocycles. The molecule has 26 heavy (non-hydrogen) atoms. The summed E-state index contributed by atoms with van der Waals surface area (Å²) >= 11 is 3.29. The molecule has 0 bridgehead atoms. The number of halogens is 1. The normalized spacial score (nSPS) is 10.1. The zero-order valence-electron chi connectivity index (χ0n) is 14.2. The van der Waals surface area contributed by atoms with Crippen molar-refractivity contribution in [2.75, 3.05) is 19.0 Å². The van der Waals surface area contributed by atoms with Crippen molar-refractivity contribution in [1.29, 1.82) is 0 Å². The number of ketones is 1. The van der Waals surface area contributed by atoms with E-state index in [1.807, 2.05) is 0 Å². The highest BCUT2D eigenvalue weighted by atomic mass is 79.9. The minimum atomic E-state index is -0.601. The minimum absolute atomic E-state index is 0.0258. The van der Waals surface area contributed by atoms with Gasteiger partial charge in [-0.15, -0.1) is 0 Å². The molecule has 0 aliphatic rings. The third-order valence-corrected chi connectivity index (χ3v) is 3.97. The Balaban J connectivity index is 1.73. The second-order valence-corrected chi connectivity index (χ2v) is 6.29. The lowest BCUT2D eigenvalue weighted by molar-refractivity contribution is -0.147. The molecule has 0 fully saturated rings. The summed E-state index contributed by atoms with van der Waals surface area (Å²) in [6.45, 7) is -0.414. The number of esters is 1. The lowest BCUT2D eigenvalue weighted by atomic mass is 10.1. The second kappa shape index (κ2) is 9.72. The van der Waals surface area contributed by atoms with Crippen LogP contribution < -0.4 is 10.1 Å². The van der Waals surface area contributed by atoms with Gasteiger partial charge in [-0.05, 0) is 24.3 Å². The molecule has 1 N–H and O–H groups in total. The number of ether oxygens (including phenoxy) is 2. The molecular formula is C19H18BrNO5. The quantitative estimate of drug-likeness (QED) is 0.521. The molecular weight excluding hydrogens is 402 g/mol. The number of carbonyl (C=O) groups excluding carboxylic acids is 3. The van der Waals surface area contributed by atoms with Gasteiger partial charge in [-0.3, -0.25) is 14.4 Å². The van der Waals surface area contributed by atoms with Crippen molar-refractivity contribution in [3.63, 3.8) is 0 Å². The Morgan fingerprint density at radius 3 is 2.46 bits per heavy atom. The number of methoxy groups -OCH3 is 1. The van der Waals surface area contributed by atoms with Crippen LogP contribution in [0.15, 0.2) is 53.0 Å². The third kappa shape index (κ3) is 6.33. The molecule has 0 heterocycles. The molecule has 2 rings (SSSR count). The van der Waals surface area contributed by atoms with Gasteiger partial charge in [0, 0.05) is 28.2 Å². The summed E-state index contributed by atoms with van der Waals surface area (Å²) in [6.07, 6.45) is -0.0562. The van der Waals surface area contributed by atoms with Gasteiger partial charge in [0.25, 0.3) is 5.91 Å². The maximum absolute atomic E-state index is 12.0. The maximum atomic E-state index is 12.0. The fraction of sp³-hybridized carbons (Fsp3) is 0.211. The maximum Gasteiger partial charge on any atom is 0.306 e. The van der Waals surface area contributed by atoms with Crippen LogP contribution in [0.3, 0.4) is 0 Å². The summed E-state index contributed by atoms with van der Waals surface area (Å²) in [7, 11) is 1.53. The van der Waals surface area contributed by atoms with Gasteiger partial charge in [-0.25, -0.2) is 0 Å². The summed E-state index contributed by atoms with van der Waals surface area (Å²) in [6, 6.07) is 13.7. The number of amides is 1. The van der Waals surface area contributed by atoms with Gasteiger partial charge in [-0.2, -0.15) is 0 Å². The number of anilines is 1. The number of carbonyl (C=O) groups is 3. The molecule has 0 spiro atoms. The van der Waals surface area contributed by atoms with Crippen molar-refractivity contribution in [2.24, 2.45) is 0 Å². The van der Waals surface area contributed by atoms with Crippen LogP contribution in [0.1, 0.15) is 23.2 Å². The monoisotopic (exact) mass is 419 g/mol. The first-order valence-electron chi connectivity index (χ1n) is 7.86. The number of hydrogen-bond acceptors (Lipinski definition) is 5. The van der Waals surface area contributed by atoms with Crippen molar-refractivity contribution in [1.82, 2.24) is 0 Å². The number of hydrogen-bond donors (Lipinski definition) is 1. The van der Waals surface area contributed by atoms with Crippen LogP contribution in [0.4, 0.5) is 5.69 Å². The van der Waals surface area contributed by atoms with E-state index >= 15 is 0 Å². The molecule has 7 heteroatoms. The standard InChI is InChI=1S/C19H18BrNO5/c1-25-16-4-2-3-15(11-16)21-18(23)12-26-19(24)10-9-17(22)13-5-7-14(20)8-6-13/h2-8,11H,9-10,12H2,1H3,(H,21,23). The van der Waals surface area contributed by atoms with Crippen LogP contribution in [-0.4, -0.2) is 31.4 Å². The molecule has 0 aliphatic carbocycles. The summed E-state index contributed by atoms with van der Waals surface area (Å²) in [5, 5.41) is 2.60. The van der Waals surface area contributed by atoms with Crippen LogP contribution in [0.25, 0.3) is 0 Å². The van der Waals surface area contributed by atoms with E-state index in [0.29, 0.717) is 17.0 Å². The van der Waals surface area contributed by atoms with Crippen molar-refractivity contribution in [3.8, 4) is 5.75 Å². The smallest absolute Gasteiger partial charge is 0.306 e. The second-order valence-electron chi connectivity index (χ2n) is 5.37. The van der Waals surface area contributed by atoms with E-state index in [0.717, 1.165) is 4.47 Å². The minimum Gasteiger partial charge on any atom is -0.497 e. The highest BCUT2D eigenvalue weighted by Gasteiger charge is 2.12. The average Bonchev–Trinajstić information content (AvgIpc) is 2.65. The van der Waals surface area contributed by atoms with Crippen LogP contribution in [0.5, 0.6) is 5.75 Å². The summed E-state index contributed by atoms with van der Waals surface area (Å²) in [5.41, 5.74) is 1.06. The molecule has 0 radical (unpaired) electrons. The highest BCUT2D eigenvalue weighted by Crippen LogP contribution is 2.16. The lowest BCUT2D eigenvalue weighted by Gasteiger charge is -2.08. The third-order valence-electron chi connectivity index (χ3n) is 3.44. The van der Waals surface area contributed by atoms with E-state index in [-0.39, 0.29) is 18.6 Å². The van der Waals surface area contributed by atoms with Gasteiger partial charge in [-0.1, -0.05) is 34.1 Å². The van der Waals surface area contributed by atoms with E-state index in [9.17, 15) is 14.4 Å². The Labute approximate surface area is 159 Å². The molecule has 2 aromatic rings. The van der Waals surface area contributed by atoms with Gasteiger partial charge in [0.15, 0.2) is 12.4 Å². The average molecular weight is 420 g/mol. The Morgan fingerprint density at radius 2 is 1.77 bits per heavy atom. The van der Waals surface area contributed by atoms with E-state index in [1.54, 1.807) is 48.5 Å². The molecule has 0 unspecified atom stereocenters. The van der Waals surface area contributed by atoms with Gasteiger partial charge in [0.1, 0.15) is 5.75 Å². The van der Waals surface area contributed by atoms with Gasteiger partial charge in [0.2, 0.25) is 0 Å². The lowest BCUT2D eigenvalue weighted by Crippen LogP contribution is -2.21. The Bertz CT molecular complexity index is 789. The van der Waals surface area contributed by atoms with Crippen molar-refractivity contribution in [2.45, 2.75) is 12.8 Å². The molecule has 0 aromatic heterocycles. The van der Waals surface area contributed by atoms with Crippen LogP contribution in [-0.2, 0) is 14.3 Å². The first-order valence-corrected chi connectivity index (χ1v) is 8.65. The van der Waals surface area contributed by atoms with Crippen LogP contribution in [0.2, 0.25) is 0 Å². The van der Waals surface area contributed by atoms with Gasteiger partial charge in [0.05, 0.1) is 13.5 Å². The Kier molecular flexibility index (Phi) is 7.35. The molecule has 6 nitrogen and oxygen atoms in total. The first-order chi connectivity index (χ1) is 12.5. The summed E-state index contributed by atoms with van der Waals surface area (Å²) < 4.78 is 10.8. The van der Waals surface area contributed by atoms with Crippen molar-refractivity contribution in [3.05, 3.63) is 58.6 Å². The van der Waals surface area contributed by atoms with Gasteiger partial charge < -0.3 is 14.8 Å². The predicted molar refractivity (Wildman–Crippen MR) is 100 cm³/mol. The van der Waals surface area contributed by atoms with Crippen molar-refractivity contribution >= 4 is 39.3 Å². The van der Waals surface area contributed by atoms with Gasteiger partial charge >= 0.3 is 5.97 Å². The number of Topliss-reactive ketones (excluding diaryl/α,β-unsaturated/α-hetero) is 1. The van der Waals surface area contributed by atoms with E-state index in [2.05, 4.69) is 21.2 Å². The van der Waals surface area contributed by atoms with Crippen LogP contribution >= 0.6 is 15.9 Å². The molecule has 0 saturated carbocycles. The highest BCUT2D eigenvalue weighted by molar-refractivity contribution is 9.10.